The number of esters is 1. The zero-order valence-electron chi connectivity index (χ0n) is 8.55. The quantitative estimate of drug-likeness (QED) is 0.310. The van der Waals surface area contributed by atoms with Gasteiger partial charge in [0.05, 0.1) is 7.11 Å². The molecule has 15 heavy (non-hydrogen) atoms. The van der Waals surface area contributed by atoms with Gasteiger partial charge in [0.15, 0.2) is 0 Å². The number of methoxy groups -OCH3 is 1. The van der Waals surface area contributed by atoms with Gasteiger partial charge in [-0.15, -0.1) is 0 Å². The molecule has 0 radical (unpaired) electrons. The molecule has 0 aromatic heterocycles. The molecule has 2 unspecified atom stereocenters. The number of carbonyl (C=O) groups excluding carboxylic acids is 1. The summed E-state index contributed by atoms with van der Waals surface area (Å²) in [7, 11) is 1.28. The van der Waals surface area contributed by atoms with E-state index >= 15 is 0 Å². The van der Waals surface area contributed by atoms with Gasteiger partial charge in [-0.2, -0.15) is 0 Å². The maximum Gasteiger partial charge on any atom is 0.323 e. The minimum absolute atomic E-state index is 0.00463. The van der Waals surface area contributed by atoms with E-state index in [2.05, 4.69) is 4.74 Å². The van der Waals surface area contributed by atoms with E-state index in [1.165, 1.54) is 7.11 Å². The fourth-order valence-electron chi connectivity index (χ4n) is 0.348. The molecule has 0 aliphatic rings. The number of nitrogens with two attached hydrogens (primary N) is 4. The highest BCUT2D eigenvalue weighted by Crippen LogP contribution is 1.76. The second kappa shape index (κ2) is 9.34. The molecule has 9 N–H and O–H groups in total. The van der Waals surface area contributed by atoms with Crippen LogP contribution in [-0.2, 0) is 14.3 Å². The van der Waals surface area contributed by atoms with E-state index < -0.39 is 24.0 Å². The fourth-order valence-corrected chi connectivity index (χ4v) is 0.348. The predicted molar refractivity (Wildman–Crippen MR) is 53.7 cm³/mol. The normalized spacial score (nSPS) is 13.1. The first kappa shape index (κ1) is 16.2. The molecule has 0 heterocycles. The minimum Gasteiger partial charge on any atom is -0.480 e. The Balaban J connectivity index is 0. The van der Waals surface area contributed by atoms with E-state index in [0.29, 0.717) is 0 Å². The highest BCUT2D eigenvalue weighted by atomic mass is 16.5. The van der Waals surface area contributed by atoms with Crippen LogP contribution in [0.2, 0.25) is 0 Å². The van der Waals surface area contributed by atoms with Crippen LogP contribution in [0.3, 0.4) is 0 Å². The first-order valence-corrected chi connectivity index (χ1v) is 4.12. The SMILES string of the molecule is COC(=O)C(N)CN.NCC(N)C(=O)O. The van der Waals surface area contributed by atoms with E-state index in [1.807, 2.05) is 0 Å². The van der Waals surface area contributed by atoms with E-state index in [4.69, 9.17) is 28.0 Å². The van der Waals surface area contributed by atoms with Gasteiger partial charge in [0.2, 0.25) is 0 Å². The van der Waals surface area contributed by atoms with Crippen LogP contribution in [0.4, 0.5) is 0 Å². The Bertz CT molecular complexity index is 199. The second-order valence-corrected chi connectivity index (χ2v) is 2.55. The summed E-state index contributed by atoms with van der Waals surface area (Å²) in [5, 5.41) is 7.98. The molecular formula is C7H18N4O4. The zero-order chi connectivity index (χ0) is 12.4. The lowest BCUT2D eigenvalue weighted by atomic mass is 10.3. The third-order valence-corrected chi connectivity index (χ3v) is 1.33. The summed E-state index contributed by atoms with van der Waals surface area (Å²) in [5.74, 6) is -1.52. The van der Waals surface area contributed by atoms with Gasteiger partial charge in [0, 0.05) is 13.1 Å². The van der Waals surface area contributed by atoms with Crippen molar-refractivity contribution in [1.29, 1.82) is 0 Å². The molecule has 8 nitrogen and oxygen atoms in total. The molecule has 0 saturated heterocycles. The van der Waals surface area contributed by atoms with Crippen molar-refractivity contribution in [3.8, 4) is 0 Å². The van der Waals surface area contributed by atoms with Crippen molar-refractivity contribution in [3.63, 3.8) is 0 Å². The molecule has 0 amide bonds. The topological polar surface area (TPSA) is 168 Å². The van der Waals surface area contributed by atoms with Crippen LogP contribution in [0.1, 0.15) is 0 Å². The van der Waals surface area contributed by atoms with Crippen molar-refractivity contribution in [2.45, 2.75) is 12.1 Å². The number of carbonyl (C=O) groups is 2. The highest BCUT2D eigenvalue weighted by molar-refractivity contribution is 5.75. The third-order valence-electron chi connectivity index (χ3n) is 1.33. The number of carboxylic acids is 1. The largest absolute Gasteiger partial charge is 0.480 e. The van der Waals surface area contributed by atoms with E-state index in [-0.39, 0.29) is 13.1 Å². The Morgan fingerprint density at radius 3 is 1.67 bits per heavy atom. The summed E-state index contributed by atoms with van der Waals surface area (Å²) >= 11 is 0. The Kier molecular flexibility index (Phi) is 10.1. The van der Waals surface area contributed by atoms with Gasteiger partial charge in [-0.3, -0.25) is 9.59 Å². The van der Waals surface area contributed by atoms with Crippen LogP contribution in [0, 0.1) is 0 Å². The molecule has 90 valence electrons. The van der Waals surface area contributed by atoms with E-state index in [1.54, 1.807) is 0 Å². The Morgan fingerprint density at radius 1 is 1.20 bits per heavy atom. The molecule has 0 aromatic rings. The number of aliphatic carboxylic acids is 1. The standard InChI is InChI=1S/C4H10N2O2.C3H8N2O2/c1-8-4(7)3(6)2-5;4-1-2(5)3(6)7/h3H,2,5-6H2,1H3;2H,1,4-5H2,(H,6,7). The fraction of sp³-hybridized carbons (Fsp3) is 0.714. The monoisotopic (exact) mass is 222 g/mol. The molecule has 0 rings (SSSR count). The average Bonchev–Trinajstić information content (AvgIpc) is 2.26. The van der Waals surface area contributed by atoms with Gasteiger partial charge in [0.25, 0.3) is 0 Å². The molecule has 0 saturated carbocycles. The van der Waals surface area contributed by atoms with Gasteiger partial charge in [-0.1, -0.05) is 0 Å². The number of carboxylic acid groups (broad SMARTS) is 1. The molecule has 0 bridgehead atoms. The summed E-state index contributed by atoms with van der Waals surface area (Å²) in [6.07, 6.45) is 0. The van der Waals surface area contributed by atoms with Gasteiger partial charge >= 0.3 is 11.9 Å². The molecule has 0 spiro atoms. The molecular weight excluding hydrogens is 204 g/mol. The van der Waals surface area contributed by atoms with Crippen LogP contribution >= 0.6 is 0 Å². The summed E-state index contributed by atoms with van der Waals surface area (Å²) in [6.45, 7) is 0.127. The summed E-state index contributed by atoms with van der Waals surface area (Å²) < 4.78 is 4.26. The number of ether oxygens (including phenoxy) is 1. The van der Waals surface area contributed by atoms with Crippen LogP contribution in [-0.4, -0.2) is 49.3 Å². The van der Waals surface area contributed by atoms with Crippen LogP contribution in [0.25, 0.3) is 0 Å². The Morgan fingerprint density at radius 2 is 1.60 bits per heavy atom. The Labute approximate surface area is 87.5 Å². The minimum atomic E-state index is -1.05. The number of hydrogen-bond acceptors (Lipinski definition) is 7. The molecule has 0 aromatic carbocycles. The third kappa shape index (κ3) is 9.09. The first-order chi connectivity index (χ1) is 6.90. The van der Waals surface area contributed by atoms with Gasteiger partial charge in [-0.05, 0) is 0 Å². The molecule has 0 fully saturated rings. The van der Waals surface area contributed by atoms with Crippen LogP contribution in [0.15, 0.2) is 0 Å². The molecule has 0 aliphatic carbocycles. The smallest absolute Gasteiger partial charge is 0.323 e. The van der Waals surface area contributed by atoms with Crippen molar-refractivity contribution < 1.29 is 19.4 Å². The lowest BCUT2D eigenvalue weighted by molar-refractivity contribution is -0.142. The van der Waals surface area contributed by atoms with E-state index in [9.17, 15) is 9.59 Å². The van der Waals surface area contributed by atoms with Gasteiger partial charge in [-0.25, -0.2) is 0 Å². The summed E-state index contributed by atoms with van der Waals surface area (Å²) in [5.41, 5.74) is 19.9. The second-order valence-electron chi connectivity index (χ2n) is 2.55. The number of hydrogen-bond donors (Lipinski definition) is 5. The predicted octanol–water partition coefficient (Wildman–Crippen LogP) is -3.20. The lowest BCUT2D eigenvalue weighted by Gasteiger charge is -2.03. The van der Waals surface area contributed by atoms with E-state index in [0.717, 1.165) is 0 Å². The van der Waals surface area contributed by atoms with Crippen molar-refractivity contribution in [2.24, 2.45) is 22.9 Å². The first-order valence-electron chi connectivity index (χ1n) is 4.12. The maximum absolute atomic E-state index is 10.3. The maximum atomic E-state index is 10.3. The molecule has 2 atom stereocenters. The lowest BCUT2D eigenvalue weighted by Crippen LogP contribution is -2.38. The van der Waals surface area contributed by atoms with Gasteiger partial charge < -0.3 is 32.8 Å². The van der Waals surface area contributed by atoms with Crippen molar-refractivity contribution >= 4 is 11.9 Å². The van der Waals surface area contributed by atoms with Gasteiger partial charge in [0.1, 0.15) is 12.1 Å². The molecule has 8 heteroatoms. The highest BCUT2D eigenvalue weighted by Gasteiger charge is 2.09. The number of rotatable bonds is 4. The molecule has 0 aliphatic heterocycles. The summed E-state index contributed by atoms with van der Waals surface area (Å²) in [4.78, 5) is 20.0. The zero-order valence-corrected chi connectivity index (χ0v) is 8.55. The van der Waals surface area contributed by atoms with Crippen molar-refractivity contribution in [3.05, 3.63) is 0 Å². The van der Waals surface area contributed by atoms with Crippen molar-refractivity contribution in [1.82, 2.24) is 0 Å². The Hall–Kier alpha value is -1.22. The van der Waals surface area contributed by atoms with Crippen LogP contribution in [0.5, 0.6) is 0 Å². The van der Waals surface area contributed by atoms with Crippen molar-refractivity contribution in [2.75, 3.05) is 20.2 Å². The van der Waals surface area contributed by atoms with Crippen LogP contribution < -0.4 is 22.9 Å². The summed E-state index contributed by atoms with van der Waals surface area (Å²) in [6, 6.07) is -1.57. The average molecular weight is 222 g/mol.